The zero-order valence-corrected chi connectivity index (χ0v) is 9.11. The summed E-state index contributed by atoms with van der Waals surface area (Å²) in [7, 11) is 0. The fraction of sp³-hybridized carbons (Fsp3) is 0.143. The molecule has 0 saturated heterocycles. The van der Waals surface area contributed by atoms with E-state index in [4.69, 9.17) is 16.9 Å². The third kappa shape index (κ3) is 2.97. The lowest BCUT2D eigenvalue weighted by Crippen LogP contribution is -2.18. The van der Waals surface area contributed by atoms with Crippen LogP contribution in [0.4, 0.5) is 13.2 Å². The van der Waals surface area contributed by atoms with Crippen molar-refractivity contribution in [2.75, 3.05) is 0 Å². The average molecular weight is 301 g/mol. The number of nitrogens with zero attached hydrogens (tertiary/aromatic N) is 2. The predicted octanol–water partition coefficient (Wildman–Crippen LogP) is 3.27. The lowest BCUT2D eigenvalue weighted by Gasteiger charge is -2.11. The van der Waals surface area contributed by atoms with Crippen molar-refractivity contribution in [3.8, 4) is 11.8 Å². The Bertz CT molecular complexity index is 429. The van der Waals surface area contributed by atoms with Gasteiger partial charge in [0.1, 0.15) is 11.1 Å². The SMILES string of the molecule is N#Cc1ncc(Br)c(Cl)c1OC(F)(F)F. The standard InChI is InChI=1S/C7HBrClF3N2O/c8-3-2-14-4(1-13)6(5(3)9)15-7(10,11)12/h2H. The molecule has 0 fully saturated rings. The van der Waals surface area contributed by atoms with E-state index in [1.165, 1.54) is 6.07 Å². The van der Waals surface area contributed by atoms with E-state index >= 15 is 0 Å². The summed E-state index contributed by atoms with van der Waals surface area (Å²) < 4.78 is 39.5. The number of aromatic nitrogens is 1. The highest BCUT2D eigenvalue weighted by Gasteiger charge is 2.34. The number of alkyl halides is 3. The third-order valence-corrected chi connectivity index (χ3v) is 2.46. The molecule has 0 aromatic carbocycles. The van der Waals surface area contributed by atoms with Gasteiger partial charge in [0.15, 0.2) is 11.4 Å². The molecule has 0 saturated carbocycles. The monoisotopic (exact) mass is 300 g/mol. The van der Waals surface area contributed by atoms with Gasteiger partial charge in [0.05, 0.1) is 4.47 Å². The van der Waals surface area contributed by atoms with E-state index < -0.39 is 17.8 Å². The van der Waals surface area contributed by atoms with E-state index in [1.807, 2.05) is 0 Å². The van der Waals surface area contributed by atoms with Crippen molar-refractivity contribution in [1.82, 2.24) is 4.98 Å². The molecular formula is C7HBrClF3N2O. The van der Waals surface area contributed by atoms with Gasteiger partial charge in [-0.1, -0.05) is 11.6 Å². The van der Waals surface area contributed by atoms with Crippen LogP contribution < -0.4 is 4.74 Å². The minimum Gasteiger partial charge on any atom is -0.401 e. The van der Waals surface area contributed by atoms with Crippen molar-refractivity contribution in [3.63, 3.8) is 0 Å². The van der Waals surface area contributed by atoms with E-state index in [0.29, 0.717) is 0 Å². The summed E-state index contributed by atoms with van der Waals surface area (Å²) in [5.41, 5.74) is -0.527. The summed E-state index contributed by atoms with van der Waals surface area (Å²) in [6, 6.07) is 1.44. The van der Waals surface area contributed by atoms with Gasteiger partial charge in [-0.3, -0.25) is 0 Å². The largest absolute Gasteiger partial charge is 0.573 e. The van der Waals surface area contributed by atoms with Crippen molar-refractivity contribution in [2.24, 2.45) is 0 Å². The van der Waals surface area contributed by atoms with Gasteiger partial charge in [0, 0.05) is 6.20 Å². The van der Waals surface area contributed by atoms with Gasteiger partial charge in [0.2, 0.25) is 0 Å². The van der Waals surface area contributed by atoms with Gasteiger partial charge in [-0.25, -0.2) is 4.98 Å². The topological polar surface area (TPSA) is 45.9 Å². The number of pyridine rings is 1. The lowest BCUT2D eigenvalue weighted by molar-refractivity contribution is -0.274. The highest BCUT2D eigenvalue weighted by Crippen LogP contribution is 2.36. The molecule has 15 heavy (non-hydrogen) atoms. The summed E-state index contributed by atoms with van der Waals surface area (Å²) in [4.78, 5) is 3.42. The van der Waals surface area contributed by atoms with E-state index in [9.17, 15) is 13.2 Å². The van der Waals surface area contributed by atoms with Crippen LogP contribution in [-0.4, -0.2) is 11.3 Å². The second kappa shape index (κ2) is 4.24. The highest BCUT2D eigenvalue weighted by atomic mass is 79.9. The van der Waals surface area contributed by atoms with Crippen molar-refractivity contribution in [2.45, 2.75) is 6.36 Å². The average Bonchev–Trinajstić information content (AvgIpc) is 2.11. The fourth-order valence-corrected chi connectivity index (χ4v) is 1.20. The number of rotatable bonds is 1. The molecule has 0 unspecified atom stereocenters. The maximum Gasteiger partial charge on any atom is 0.573 e. The Labute approximate surface area is 95.6 Å². The Morgan fingerprint density at radius 2 is 2.13 bits per heavy atom. The van der Waals surface area contributed by atoms with Crippen LogP contribution in [0, 0.1) is 11.3 Å². The Morgan fingerprint density at radius 1 is 1.53 bits per heavy atom. The number of ether oxygens (including phenoxy) is 1. The molecule has 1 rings (SSSR count). The smallest absolute Gasteiger partial charge is 0.401 e. The third-order valence-electron chi connectivity index (χ3n) is 1.25. The maximum absolute atomic E-state index is 11.9. The first-order valence-electron chi connectivity index (χ1n) is 3.35. The predicted molar refractivity (Wildman–Crippen MR) is 48.3 cm³/mol. The molecule has 0 amide bonds. The van der Waals surface area contributed by atoms with Gasteiger partial charge in [0.25, 0.3) is 0 Å². The normalized spacial score (nSPS) is 10.9. The van der Waals surface area contributed by atoms with Crippen LogP contribution in [0.25, 0.3) is 0 Å². The van der Waals surface area contributed by atoms with Crippen molar-refractivity contribution >= 4 is 27.5 Å². The highest BCUT2D eigenvalue weighted by molar-refractivity contribution is 9.10. The van der Waals surface area contributed by atoms with Crippen molar-refractivity contribution in [1.29, 1.82) is 5.26 Å². The van der Waals surface area contributed by atoms with E-state index in [0.717, 1.165) is 6.20 Å². The van der Waals surface area contributed by atoms with Gasteiger partial charge in [-0.15, -0.1) is 13.2 Å². The molecule has 1 heterocycles. The first kappa shape index (κ1) is 12.1. The molecule has 8 heteroatoms. The minimum atomic E-state index is -4.92. The van der Waals surface area contributed by atoms with Gasteiger partial charge >= 0.3 is 6.36 Å². The molecule has 3 nitrogen and oxygen atoms in total. The second-order valence-electron chi connectivity index (χ2n) is 2.26. The van der Waals surface area contributed by atoms with Crippen LogP contribution in [-0.2, 0) is 0 Å². The first-order valence-corrected chi connectivity index (χ1v) is 4.52. The minimum absolute atomic E-state index is 0.113. The van der Waals surface area contributed by atoms with Crippen LogP contribution in [0.3, 0.4) is 0 Å². The summed E-state index contributed by atoms with van der Waals surface area (Å²) in [5.74, 6) is -0.805. The van der Waals surface area contributed by atoms with Crippen LogP contribution in [0.2, 0.25) is 5.02 Å². The zero-order valence-electron chi connectivity index (χ0n) is 6.77. The molecule has 0 spiro atoms. The quantitative estimate of drug-likeness (QED) is 0.800. The molecule has 0 aliphatic carbocycles. The Kier molecular flexibility index (Phi) is 3.42. The Morgan fingerprint density at radius 3 is 2.60 bits per heavy atom. The molecule has 0 bridgehead atoms. The summed E-state index contributed by atoms with van der Waals surface area (Å²) in [6.07, 6.45) is -3.80. The first-order chi connectivity index (χ1) is 6.85. The van der Waals surface area contributed by atoms with E-state index in [-0.39, 0.29) is 9.50 Å². The molecular weight excluding hydrogens is 300 g/mol. The van der Waals surface area contributed by atoms with Crippen LogP contribution in [0.15, 0.2) is 10.7 Å². The molecule has 0 aliphatic heterocycles. The maximum atomic E-state index is 11.9. The number of hydrogen-bond acceptors (Lipinski definition) is 3. The second-order valence-corrected chi connectivity index (χ2v) is 3.49. The molecule has 0 radical (unpaired) electrons. The fourth-order valence-electron chi connectivity index (χ4n) is 0.737. The number of halogens is 5. The summed E-state index contributed by atoms with van der Waals surface area (Å²) in [6.45, 7) is 0. The molecule has 1 aromatic rings. The van der Waals surface area contributed by atoms with Gasteiger partial charge in [-0.2, -0.15) is 5.26 Å². The van der Waals surface area contributed by atoms with Crippen LogP contribution in [0.5, 0.6) is 5.75 Å². The summed E-state index contributed by atoms with van der Waals surface area (Å²) in [5, 5.41) is 8.15. The molecule has 0 atom stereocenters. The van der Waals surface area contributed by atoms with Crippen LogP contribution in [0.1, 0.15) is 5.69 Å². The van der Waals surface area contributed by atoms with Crippen LogP contribution >= 0.6 is 27.5 Å². The van der Waals surface area contributed by atoms with E-state index in [1.54, 1.807) is 0 Å². The lowest BCUT2D eigenvalue weighted by atomic mass is 10.3. The van der Waals surface area contributed by atoms with Crippen molar-refractivity contribution < 1.29 is 17.9 Å². The van der Waals surface area contributed by atoms with Crippen molar-refractivity contribution in [3.05, 3.63) is 21.4 Å². The summed E-state index contributed by atoms with van der Waals surface area (Å²) >= 11 is 8.39. The zero-order chi connectivity index (χ0) is 11.6. The molecule has 0 N–H and O–H groups in total. The van der Waals surface area contributed by atoms with Gasteiger partial charge < -0.3 is 4.74 Å². The number of hydrogen-bond donors (Lipinski definition) is 0. The molecule has 0 aliphatic rings. The van der Waals surface area contributed by atoms with E-state index in [2.05, 4.69) is 25.7 Å². The number of nitriles is 1. The molecule has 80 valence electrons. The molecule has 1 aromatic heterocycles. The Balaban J connectivity index is 3.26. The Hall–Kier alpha value is -1.00. The van der Waals surface area contributed by atoms with Gasteiger partial charge in [-0.05, 0) is 15.9 Å².